The summed E-state index contributed by atoms with van der Waals surface area (Å²) in [4.78, 5) is 30.8. The van der Waals surface area contributed by atoms with E-state index in [-0.39, 0.29) is 17.5 Å². The van der Waals surface area contributed by atoms with E-state index in [2.05, 4.69) is 25.9 Å². The second-order valence-electron chi connectivity index (χ2n) is 4.86. The predicted molar refractivity (Wildman–Crippen MR) is 83.3 cm³/mol. The molecule has 8 nitrogen and oxygen atoms in total. The van der Waals surface area contributed by atoms with E-state index in [1.807, 2.05) is 0 Å². The number of H-pyrrole nitrogens is 1. The third-order valence-corrected chi connectivity index (χ3v) is 3.27. The Hall–Kier alpha value is -3.47. The highest BCUT2D eigenvalue weighted by Crippen LogP contribution is 2.27. The lowest BCUT2D eigenvalue weighted by molar-refractivity contribution is -0.142. The number of esters is 1. The number of phenols is 2. The lowest BCUT2D eigenvalue weighted by Gasteiger charge is -2.16. The summed E-state index contributed by atoms with van der Waals surface area (Å²) >= 11 is 0. The number of methoxy groups -OCH3 is 1. The third-order valence-electron chi connectivity index (χ3n) is 3.27. The minimum Gasteiger partial charge on any atom is -0.506 e. The summed E-state index contributed by atoms with van der Waals surface area (Å²) in [5, 5.41) is 21.9. The molecule has 0 saturated heterocycles. The highest BCUT2D eigenvalue weighted by atomic mass is 16.5. The molecule has 0 fully saturated rings. The first-order valence-electron chi connectivity index (χ1n) is 6.84. The first kappa shape index (κ1) is 16.9. The van der Waals surface area contributed by atoms with Crippen molar-refractivity contribution in [2.24, 2.45) is 0 Å². The Balaban J connectivity index is 2.21. The molecule has 1 aromatic carbocycles. The van der Waals surface area contributed by atoms with Crippen molar-refractivity contribution in [2.75, 3.05) is 7.11 Å². The Morgan fingerprint density at radius 1 is 1.42 bits per heavy atom. The van der Waals surface area contributed by atoms with E-state index in [9.17, 15) is 19.8 Å². The number of aromatic hydroxyl groups is 2. The summed E-state index contributed by atoms with van der Waals surface area (Å²) in [7, 11) is 1.20. The van der Waals surface area contributed by atoms with Crippen LogP contribution in [0.5, 0.6) is 11.5 Å². The van der Waals surface area contributed by atoms with Crippen molar-refractivity contribution in [2.45, 2.75) is 12.5 Å². The second kappa shape index (κ2) is 7.19. The van der Waals surface area contributed by atoms with Crippen LogP contribution >= 0.6 is 0 Å². The van der Waals surface area contributed by atoms with Gasteiger partial charge in [-0.25, -0.2) is 9.78 Å². The van der Waals surface area contributed by atoms with E-state index >= 15 is 0 Å². The van der Waals surface area contributed by atoms with Crippen LogP contribution in [-0.2, 0) is 16.0 Å². The summed E-state index contributed by atoms with van der Waals surface area (Å²) < 4.78 is 4.67. The van der Waals surface area contributed by atoms with Gasteiger partial charge in [0.25, 0.3) is 5.91 Å². The van der Waals surface area contributed by atoms with Crippen LogP contribution in [0.4, 0.5) is 0 Å². The van der Waals surface area contributed by atoms with E-state index in [4.69, 9.17) is 6.42 Å². The number of carbonyl (C=O) groups is 2. The number of aromatic amines is 1. The standard InChI is InChI=1S/C16H15N3O5/c1-3-11-13(20)4-9(5-14(11)21)15(22)19-12(16(23)24-2)6-10-7-17-8-18-10/h1,4-5,7-8,12,20-21H,6H2,2H3,(H,17,18)(H,19,22)/t12-/m1/s1. The van der Waals surface area contributed by atoms with Gasteiger partial charge in [0.2, 0.25) is 0 Å². The highest BCUT2D eigenvalue weighted by molar-refractivity contribution is 5.97. The number of hydrogen-bond acceptors (Lipinski definition) is 6. The molecule has 8 heteroatoms. The quantitative estimate of drug-likeness (QED) is 0.462. The van der Waals surface area contributed by atoms with Gasteiger partial charge in [0.05, 0.1) is 13.4 Å². The lowest BCUT2D eigenvalue weighted by Crippen LogP contribution is -2.43. The van der Waals surface area contributed by atoms with E-state index in [0.29, 0.717) is 5.69 Å². The zero-order valence-corrected chi connectivity index (χ0v) is 12.7. The number of phenolic OH excluding ortho intramolecular Hbond substituents is 2. The highest BCUT2D eigenvalue weighted by Gasteiger charge is 2.24. The molecule has 2 rings (SSSR count). The smallest absolute Gasteiger partial charge is 0.328 e. The summed E-state index contributed by atoms with van der Waals surface area (Å²) in [5.41, 5.74) is 0.454. The van der Waals surface area contributed by atoms with E-state index in [0.717, 1.165) is 12.1 Å². The number of ether oxygens (including phenoxy) is 1. The number of rotatable bonds is 5. The van der Waals surface area contributed by atoms with Crippen LogP contribution < -0.4 is 5.32 Å². The molecule has 124 valence electrons. The van der Waals surface area contributed by atoms with Crippen molar-refractivity contribution in [3.05, 3.63) is 41.5 Å². The van der Waals surface area contributed by atoms with Crippen LogP contribution in [0.15, 0.2) is 24.7 Å². The van der Waals surface area contributed by atoms with Gasteiger partial charge in [-0.05, 0) is 12.1 Å². The zero-order chi connectivity index (χ0) is 17.7. The van der Waals surface area contributed by atoms with Crippen molar-refractivity contribution >= 4 is 11.9 Å². The molecule has 0 saturated carbocycles. The summed E-state index contributed by atoms with van der Waals surface area (Å²) in [6, 6.07) is 1.24. The average Bonchev–Trinajstić information content (AvgIpc) is 3.06. The van der Waals surface area contributed by atoms with Gasteiger partial charge in [-0.1, -0.05) is 5.92 Å². The fourth-order valence-corrected chi connectivity index (χ4v) is 2.08. The Morgan fingerprint density at radius 2 is 2.08 bits per heavy atom. The number of nitrogens with zero attached hydrogens (tertiary/aromatic N) is 1. The van der Waals surface area contributed by atoms with E-state index < -0.39 is 29.4 Å². The maximum absolute atomic E-state index is 12.3. The lowest BCUT2D eigenvalue weighted by atomic mass is 10.1. The molecule has 0 unspecified atom stereocenters. The minimum atomic E-state index is -0.973. The fourth-order valence-electron chi connectivity index (χ4n) is 2.08. The van der Waals surface area contributed by atoms with Crippen molar-refractivity contribution in [3.63, 3.8) is 0 Å². The van der Waals surface area contributed by atoms with Crippen LogP contribution in [0.3, 0.4) is 0 Å². The first-order valence-corrected chi connectivity index (χ1v) is 6.84. The van der Waals surface area contributed by atoms with Gasteiger partial charge in [-0.2, -0.15) is 0 Å². The molecule has 1 amide bonds. The normalized spacial score (nSPS) is 11.3. The topological polar surface area (TPSA) is 125 Å². The molecule has 0 aliphatic carbocycles. The van der Waals surface area contributed by atoms with Gasteiger partial charge in [-0.3, -0.25) is 4.79 Å². The molecule has 0 spiro atoms. The Kier molecular flexibility index (Phi) is 5.06. The number of benzene rings is 1. The van der Waals surface area contributed by atoms with Gasteiger partial charge in [0.1, 0.15) is 23.1 Å². The number of carbonyl (C=O) groups excluding carboxylic acids is 2. The SMILES string of the molecule is C#Cc1c(O)cc(C(=O)N[C@H](Cc2cnc[nH]2)C(=O)OC)cc1O. The van der Waals surface area contributed by atoms with E-state index in [1.54, 1.807) is 0 Å². The molecule has 1 atom stereocenters. The number of aromatic nitrogens is 2. The molecular weight excluding hydrogens is 314 g/mol. The number of nitrogens with one attached hydrogen (secondary N) is 2. The molecule has 4 N–H and O–H groups in total. The molecule has 1 heterocycles. The molecule has 1 aromatic heterocycles. The van der Waals surface area contributed by atoms with Gasteiger partial charge in [-0.15, -0.1) is 6.42 Å². The van der Waals surface area contributed by atoms with Gasteiger partial charge in [0, 0.05) is 23.9 Å². The summed E-state index contributed by atoms with van der Waals surface area (Å²) in [6.45, 7) is 0. The van der Waals surface area contributed by atoms with Gasteiger partial charge < -0.3 is 25.3 Å². The fraction of sp³-hybridized carbons (Fsp3) is 0.188. The summed E-state index contributed by atoms with van der Waals surface area (Å²) in [6.07, 6.45) is 8.25. The molecule has 24 heavy (non-hydrogen) atoms. The van der Waals surface area contributed by atoms with Crippen LogP contribution in [0.25, 0.3) is 0 Å². The van der Waals surface area contributed by atoms with Gasteiger partial charge >= 0.3 is 5.97 Å². The number of imidazole rings is 1. The zero-order valence-electron chi connectivity index (χ0n) is 12.7. The Morgan fingerprint density at radius 3 is 2.58 bits per heavy atom. The molecule has 0 aliphatic heterocycles. The van der Waals surface area contributed by atoms with Crippen molar-refractivity contribution in [1.29, 1.82) is 0 Å². The largest absolute Gasteiger partial charge is 0.506 e. The number of hydrogen-bond donors (Lipinski definition) is 4. The first-order chi connectivity index (χ1) is 11.5. The molecule has 2 aromatic rings. The van der Waals surface area contributed by atoms with Crippen molar-refractivity contribution < 1.29 is 24.5 Å². The average molecular weight is 329 g/mol. The van der Waals surface area contributed by atoms with Crippen LogP contribution in [0.1, 0.15) is 21.6 Å². The monoisotopic (exact) mass is 329 g/mol. The predicted octanol–water partition coefficient (Wildman–Crippen LogP) is 0.316. The summed E-state index contributed by atoms with van der Waals surface area (Å²) in [5.74, 6) is -0.0399. The maximum Gasteiger partial charge on any atom is 0.328 e. The minimum absolute atomic E-state index is 0.0532. The number of amides is 1. The van der Waals surface area contributed by atoms with Crippen molar-refractivity contribution in [1.82, 2.24) is 15.3 Å². The second-order valence-corrected chi connectivity index (χ2v) is 4.86. The molecular formula is C16H15N3O5. The van der Waals surface area contributed by atoms with E-state index in [1.165, 1.54) is 19.6 Å². The number of terminal acetylenes is 1. The Labute approximate surface area is 137 Å². The molecule has 0 aliphatic rings. The van der Waals surface area contributed by atoms with Crippen LogP contribution in [0, 0.1) is 12.3 Å². The van der Waals surface area contributed by atoms with Gasteiger partial charge in [0.15, 0.2) is 0 Å². The third kappa shape index (κ3) is 3.64. The van der Waals surface area contributed by atoms with Crippen molar-refractivity contribution in [3.8, 4) is 23.8 Å². The molecule has 0 bridgehead atoms. The Bertz CT molecular complexity index is 770. The van der Waals surface area contributed by atoms with Crippen LogP contribution in [0.2, 0.25) is 0 Å². The maximum atomic E-state index is 12.3. The molecule has 0 radical (unpaired) electrons. The van der Waals surface area contributed by atoms with Crippen LogP contribution in [-0.4, -0.2) is 45.2 Å².